The fraction of sp³-hybridized carbons (Fsp3) is 0.312. The lowest BCUT2D eigenvalue weighted by Crippen LogP contribution is -2.52. The molecule has 3 heterocycles. The Hall–Kier alpha value is -2.87. The van der Waals surface area contributed by atoms with Crippen molar-refractivity contribution in [1.82, 2.24) is 14.9 Å². The number of aromatic nitrogens is 3. The van der Waals surface area contributed by atoms with Gasteiger partial charge in [-0.15, -0.1) is 0 Å². The number of hydrogen-bond donors (Lipinski definition) is 2. The molecular weight excluding hydrogens is 314 g/mol. The van der Waals surface area contributed by atoms with Crippen LogP contribution in [-0.2, 0) is 0 Å². The minimum atomic E-state index is -0.996. The predicted molar refractivity (Wildman–Crippen MR) is 83.0 cm³/mol. The Balaban J connectivity index is 1.99. The molecule has 4 rings (SSSR count). The normalized spacial score (nSPS) is 22.1. The van der Waals surface area contributed by atoms with Crippen LogP contribution >= 0.6 is 0 Å². The monoisotopic (exact) mass is 329 g/mol. The quantitative estimate of drug-likeness (QED) is 0.690. The second kappa shape index (κ2) is 4.81. The first kappa shape index (κ1) is 14.7. The summed E-state index contributed by atoms with van der Waals surface area (Å²) in [6.45, 7) is 3.48. The van der Waals surface area contributed by atoms with E-state index in [0.717, 1.165) is 6.07 Å². The summed E-state index contributed by atoms with van der Waals surface area (Å²) in [4.78, 5) is 12.3. The van der Waals surface area contributed by atoms with Crippen molar-refractivity contribution in [2.75, 3.05) is 0 Å². The predicted octanol–water partition coefficient (Wildman–Crippen LogP) is 1.21. The Kier molecular flexibility index (Phi) is 2.95. The fourth-order valence-electron chi connectivity index (χ4n) is 3.05. The van der Waals surface area contributed by atoms with E-state index in [0.29, 0.717) is 22.3 Å². The molecule has 0 amide bonds. The van der Waals surface area contributed by atoms with E-state index in [4.69, 9.17) is 9.37 Å². The first-order valence-corrected chi connectivity index (χ1v) is 7.41. The van der Waals surface area contributed by atoms with E-state index in [9.17, 15) is 15.0 Å². The molecule has 2 atom stereocenters. The van der Waals surface area contributed by atoms with Crippen molar-refractivity contribution in [3.8, 4) is 11.5 Å². The number of rotatable bonds is 1. The zero-order chi connectivity index (χ0) is 17.1. The van der Waals surface area contributed by atoms with Crippen molar-refractivity contribution in [2.24, 2.45) is 0 Å². The van der Waals surface area contributed by atoms with Crippen LogP contribution in [0.2, 0.25) is 0 Å². The van der Waals surface area contributed by atoms with E-state index in [1.54, 1.807) is 26.0 Å². The molecular formula is C16H15N3O5. The largest absolute Gasteiger partial charge is 0.508 e. The lowest BCUT2D eigenvalue weighted by Gasteiger charge is -2.42. The minimum absolute atomic E-state index is 0.131. The topological polar surface area (TPSA) is 111 Å². The Morgan fingerprint density at radius 2 is 1.92 bits per heavy atom. The van der Waals surface area contributed by atoms with Crippen molar-refractivity contribution >= 4 is 11.0 Å². The molecule has 0 fully saturated rings. The molecule has 0 spiro atoms. The van der Waals surface area contributed by atoms with Gasteiger partial charge in [-0.05, 0) is 36.3 Å². The summed E-state index contributed by atoms with van der Waals surface area (Å²) in [5.41, 5.74) is 0.262. The van der Waals surface area contributed by atoms with Gasteiger partial charge in [0.05, 0.1) is 6.04 Å². The molecule has 8 nitrogen and oxygen atoms in total. The van der Waals surface area contributed by atoms with Gasteiger partial charge in [-0.3, -0.25) is 4.79 Å². The Morgan fingerprint density at radius 3 is 2.62 bits per heavy atom. The highest BCUT2D eigenvalue weighted by atomic mass is 16.6. The molecule has 2 aromatic heterocycles. The zero-order valence-electron chi connectivity index (χ0n) is 13.0. The smallest absolute Gasteiger partial charge is 0.254 e. The van der Waals surface area contributed by atoms with Crippen LogP contribution in [0.3, 0.4) is 0 Å². The van der Waals surface area contributed by atoms with Gasteiger partial charge >= 0.3 is 0 Å². The zero-order valence-corrected chi connectivity index (χ0v) is 13.0. The van der Waals surface area contributed by atoms with Gasteiger partial charge in [-0.1, -0.05) is 0 Å². The molecule has 0 radical (unpaired) electrons. The average molecular weight is 329 g/mol. The van der Waals surface area contributed by atoms with E-state index in [1.165, 1.54) is 16.8 Å². The van der Waals surface area contributed by atoms with Crippen LogP contribution in [0.4, 0.5) is 0 Å². The van der Waals surface area contributed by atoms with Crippen LogP contribution in [0.1, 0.15) is 25.5 Å². The Morgan fingerprint density at radius 1 is 1.21 bits per heavy atom. The van der Waals surface area contributed by atoms with Crippen LogP contribution in [0.15, 0.2) is 39.9 Å². The van der Waals surface area contributed by atoms with Crippen LogP contribution in [0.5, 0.6) is 11.5 Å². The highest BCUT2D eigenvalue weighted by molar-refractivity contribution is 5.77. The Bertz CT molecular complexity index is 991. The third-order valence-corrected chi connectivity index (χ3v) is 4.32. The van der Waals surface area contributed by atoms with Gasteiger partial charge in [0.1, 0.15) is 34.2 Å². The summed E-state index contributed by atoms with van der Waals surface area (Å²) in [6.07, 6.45) is 0.451. The summed E-state index contributed by atoms with van der Waals surface area (Å²) in [7, 11) is 0. The summed E-state index contributed by atoms with van der Waals surface area (Å²) < 4.78 is 12.0. The number of nitrogens with zero attached hydrogens (tertiary/aromatic N) is 3. The highest BCUT2D eigenvalue weighted by Gasteiger charge is 2.44. The summed E-state index contributed by atoms with van der Waals surface area (Å²) in [5.74, 6) is 0.368. The van der Waals surface area contributed by atoms with Gasteiger partial charge in [0.2, 0.25) is 0 Å². The lowest BCUT2D eigenvalue weighted by molar-refractivity contribution is -0.0641. The summed E-state index contributed by atoms with van der Waals surface area (Å²) in [6, 6.07) is 5.16. The molecule has 0 saturated carbocycles. The van der Waals surface area contributed by atoms with Crippen LogP contribution in [-0.4, -0.2) is 36.8 Å². The number of pyridine rings is 1. The molecule has 3 aromatic rings. The maximum absolute atomic E-state index is 12.3. The number of hydrogen-bond acceptors (Lipinski definition) is 7. The van der Waals surface area contributed by atoms with Crippen molar-refractivity contribution in [1.29, 1.82) is 0 Å². The second-order valence-corrected chi connectivity index (χ2v) is 6.37. The molecule has 24 heavy (non-hydrogen) atoms. The number of fused-ring (bicyclic) bond motifs is 2. The summed E-state index contributed by atoms with van der Waals surface area (Å²) in [5, 5.41) is 27.9. The molecule has 2 N–H and O–H groups in total. The average Bonchev–Trinajstić information content (AvgIpc) is 2.95. The molecule has 8 heteroatoms. The van der Waals surface area contributed by atoms with Crippen LogP contribution < -0.4 is 10.3 Å². The van der Waals surface area contributed by atoms with Gasteiger partial charge in [-0.25, -0.2) is 4.63 Å². The van der Waals surface area contributed by atoms with Crippen molar-refractivity contribution in [3.63, 3.8) is 0 Å². The number of aromatic hydroxyl groups is 1. The van der Waals surface area contributed by atoms with Crippen LogP contribution in [0.25, 0.3) is 11.0 Å². The molecule has 0 aliphatic carbocycles. The SMILES string of the molecule is CC1(C)Oc2cc3nonc3cc2C(n2ccc(O)cc2=O)C1O. The van der Waals surface area contributed by atoms with Gasteiger partial charge < -0.3 is 19.5 Å². The van der Waals surface area contributed by atoms with E-state index in [1.807, 2.05) is 0 Å². The minimum Gasteiger partial charge on any atom is -0.508 e. The number of benzene rings is 1. The molecule has 124 valence electrons. The molecule has 2 unspecified atom stereocenters. The molecule has 1 aliphatic rings. The standard InChI is InChI=1S/C16H15N3O5/c1-16(2)15(22)14(19-4-3-8(20)5-13(19)21)9-6-10-11(18-24-17-10)7-12(9)23-16/h3-7,14-15,20,22H,1-2H3. The highest BCUT2D eigenvalue weighted by Crippen LogP contribution is 2.42. The van der Waals surface area contributed by atoms with E-state index >= 15 is 0 Å². The molecule has 1 aromatic carbocycles. The van der Waals surface area contributed by atoms with Crippen LogP contribution in [0, 0.1) is 0 Å². The van der Waals surface area contributed by atoms with Gasteiger partial charge in [0.15, 0.2) is 0 Å². The molecule has 0 bridgehead atoms. The van der Waals surface area contributed by atoms with Crippen molar-refractivity contribution in [2.45, 2.75) is 31.6 Å². The van der Waals surface area contributed by atoms with Gasteiger partial charge in [0, 0.05) is 23.9 Å². The maximum atomic E-state index is 12.3. The van der Waals surface area contributed by atoms with E-state index in [-0.39, 0.29) is 5.75 Å². The third kappa shape index (κ3) is 2.07. The first-order valence-electron chi connectivity index (χ1n) is 7.41. The second-order valence-electron chi connectivity index (χ2n) is 6.37. The van der Waals surface area contributed by atoms with E-state index in [2.05, 4.69) is 10.3 Å². The lowest BCUT2D eigenvalue weighted by atomic mass is 9.86. The first-order chi connectivity index (χ1) is 11.4. The fourth-order valence-corrected chi connectivity index (χ4v) is 3.05. The summed E-state index contributed by atoms with van der Waals surface area (Å²) >= 11 is 0. The van der Waals surface area contributed by atoms with Crippen molar-refractivity contribution < 1.29 is 19.6 Å². The number of aliphatic hydroxyl groups is 1. The third-order valence-electron chi connectivity index (χ3n) is 4.32. The van der Waals surface area contributed by atoms with Crippen molar-refractivity contribution in [3.05, 3.63) is 46.4 Å². The molecule has 1 aliphatic heterocycles. The van der Waals surface area contributed by atoms with E-state index < -0.39 is 23.3 Å². The number of aliphatic hydroxyl groups excluding tert-OH is 1. The molecule has 0 saturated heterocycles. The van der Waals surface area contributed by atoms with Gasteiger partial charge in [0.25, 0.3) is 5.56 Å². The van der Waals surface area contributed by atoms with Gasteiger partial charge in [-0.2, -0.15) is 0 Å². The maximum Gasteiger partial charge on any atom is 0.254 e. The Labute approximate surface area is 135 Å². The number of ether oxygens (including phenoxy) is 1.